The van der Waals surface area contributed by atoms with Crippen molar-refractivity contribution < 1.29 is 13.2 Å². The van der Waals surface area contributed by atoms with Crippen LogP contribution in [0.15, 0.2) is 59.8 Å². The van der Waals surface area contributed by atoms with Crippen LogP contribution < -0.4 is 0 Å². The van der Waals surface area contributed by atoms with E-state index in [9.17, 15) is 13.2 Å². The minimum atomic E-state index is -3.53. The quantitative estimate of drug-likeness (QED) is 0.726. The van der Waals surface area contributed by atoms with Crippen LogP contribution >= 0.6 is 0 Å². The standard InChI is InChI=1S/C22H28N4O3S/c27-22(25-15-13-24(14-16-25)18-19-5-2-1-3-6-19)20-8-11-26(12-9-20)30(28,29)21-7-4-10-23-17-21/h1-7,10,17,20H,8-9,11-16,18H2. The average Bonchev–Trinajstić information content (AvgIpc) is 2.80. The molecule has 160 valence electrons. The Balaban J connectivity index is 1.27. The molecule has 8 heteroatoms. The Hall–Kier alpha value is -2.29. The minimum absolute atomic E-state index is 0.0916. The monoisotopic (exact) mass is 428 g/mol. The zero-order chi connectivity index (χ0) is 21.0. The van der Waals surface area contributed by atoms with E-state index in [1.54, 1.807) is 18.3 Å². The van der Waals surface area contributed by atoms with Gasteiger partial charge in [-0.15, -0.1) is 0 Å². The van der Waals surface area contributed by atoms with E-state index in [0.717, 1.165) is 32.7 Å². The molecule has 0 radical (unpaired) electrons. The maximum absolute atomic E-state index is 13.0. The number of rotatable bonds is 5. The zero-order valence-corrected chi connectivity index (χ0v) is 17.9. The van der Waals surface area contributed by atoms with Gasteiger partial charge in [-0.3, -0.25) is 14.7 Å². The van der Waals surface area contributed by atoms with Crippen LogP contribution in [0.5, 0.6) is 0 Å². The molecule has 2 fully saturated rings. The molecule has 1 aromatic carbocycles. The first kappa shape index (κ1) is 21.0. The molecule has 2 aliphatic heterocycles. The van der Waals surface area contributed by atoms with Crippen molar-refractivity contribution in [2.45, 2.75) is 24.3 Å². The number of carbonyl (C=O) groups excluding carboxylic acids is 1. The fourth-order valence-electron chi connectivity index (χ4n) is 4.22. The molecule has 0 saturated carbocycles. The van der Waals surface area contributed by atoms with Crippen molar-refractivity contribution in [1.82, 2.24) is 19.1 Å². The molecule has 0 N–H and O–H groups in total. The second-order valence-electron chi connectivity index (χ2n) is 7.95. The molecule has 0 spiro atoms. The van der Waals surface area contributed by atoms with Gasteiger partial charge in [0.1, 0.15) is 4.90 Å². The normalized spacial score (nSPS) is 19.7. The number of aromatic nitrogens is 1. The zero-order valence-electron chi connectivity index (χ0n) is 17.1. The molecule has 1 aromatic heterocycles. The number of hydrogen-bond acceptors (Lipinski definition) is 5. The highest BCUT2D eigenvalue weighted by Gasteiger charge is 2.34. The van der Waals surface area contributed by atoms with Crippen molar-refractivity contribution in [2.75, 3.05) is 39.3 Å². The Morgan fingerprint density at radius 3 is 2.27 bits per heavy atom. The molecule has 7 nitrogen and oxygen atoms in total. The highest BCUT2D eigenvalue weighted by molar-refractivity contribution is 7.89. The van der Waals surface area contributed by atoms with Gasteiger partial charge in [0.15, 0.2) is 0 Å². The number of nitrogens with zero attached hydrogens (tertiary/aromatic N) is 4. The van der Waals surface area contributed by atoms with Crippen LogP contribution in [0.4, 0.5) is 0 Å². The molecule has 0 atom stereocenters. The van der Waals surface area contributed by atoms with Gasteiger partial charge < -0.3 is 4.90 Å². The number of benzene rings is 1. The van der Waals surface area contributed by atoms with Gasteiger partial charge in [-0.2, -0.15) is 4.31 Å². The highest BCUT2D eigenvalue weighted by Crippen LogP contribution is 2.25. The summed E-state index contributed by atoms with van der Waals surface area (Å²) in [7, 11) is -3.53. The molecule has 4 rings (SSSR count). The summed E-state index contributed by atoms with van der Waals surface area (Å²) in [6, 6.07) is 13.6. The number of amides is 1. The molecular weight excluding hydrogens is 400 g/mol. The molecule has 2 aliphatic rings. The first-order valence-electron chi connectivity index (χ1n) is 10.5. The predicted octanol–water partition coefficient (Wildman–Crippen LogP) is 1.83. The summed E-state index contributed by atoms with van der Waals surface area (Å²) < 4.78 is 27.0. The summed E-state index contributed by atoms with van der Waals surface area (Å²) in [5, 5.41) is 0. The second-order valence-corrected chi connectivity index (χ2v) is 9.89. The summed E-state index contributed by atoms with van der Waals surface area (Å²) in [6.45, 7) is 4.88. The van der Waals surface area contributed by atoms with Crippen LogP contribution in [0, 0.1) is 5.92 Å². The fraction of sp³-hybridized carbons (Fsp3) is 0.455. The summed E-state index contributed by atoms with van der Waals surface area (Å²) in [6.07, 6.45) is 4.08. The van der Waals surface area contributed by atoms with E-state index in [4.69, 9.17) is 0 Å². The predicted molar refractivity (Wildman–Crippen MR) is 114 cm³/mol. The van der Waals surface area contributed by atoms with Crippen molar-refractivity contribution in [3.63, 3.8) is 0 Å². The first-order valence-corrected chi connectivity index (χ1v) is 11.9. The second kappa shape index (κ2) is 9.24. The number of pyridine rings is 1. The lowest BCUT2D eigenvalue weighted by Crippen LogP contribution is -2.51. The van der Waals surface area contributed by atoms with E-state index >= 15 is 0 Å². The number of piperazine rings is 1. The summed E-state index contributed by atoms with van der Waals surface area (Å²) >= 11 is 0. The lowest BCUT2D eigenvalue weighted by atomic mass is 9.96. The van der Waals surface area contributed by atoms with Gasteiger partial charge in [-0.1, -0.05) is 30.3 Å². The van der Waals surface area contributed by atoms with Crippen LogP contribution in [0.1, 0.15) is 18.4 Å². The minimum Gasteiger partial charge on any atom is -0.340 e. The third kappa shape index (κ3) is 4.71. The lowest BCUT2D eigenvalue weighted by molar-refractivity contribution is -0.138. The SMILES string of the molecule is O=C(C1CCN(S(=O)(=O)c2cccnc2)CC1)N1CCN(Cc2ccccc2)CC1. The first-order chi connectivity index (χ1) is 14.5. The van der Waals surface area contributed by atoms with Crippen LogP contribution in [-0.4, -0.2) is 72.7 Å². The Morgan fingerprint density at radius 2 is 1.63 bits per heavy atom. The molecule has 1 amide bonds. The number of sulfonamides is 1. The fourth-order valence-corrected chi connectivity index (χ4v) is 5.65. The van der Waals surface area contributed by atoms with Gasteiger partial charge in [-0.25, -0.2) is 8.42 Å². The van der Waals surface area contributed by atoms with E-state index in [-0.39, 0.29) is 16.7 Å². The van der Waals surface area contributed by atoms with Gasteiger partial charge in [0.25, 0.3) is 0 Å². The highest BCUT2D eigenvalue weighted by atomic mass is 32.2. The largest absolute Gasteiger partial charge is 0.340 e. The Kier molecular flexibility index (Phi) is 6.46. The van der Waals surface area contributed by atoms with Crippen LogP contribution in [0.25, 0.3) is 0 Å². The molecule has 3 heterocycles. The van der Waals surface area contributed by atoms with Gasteiger partial charge >= 0.3 is 0 Å². The Bertz CT molecular complexity index is 937. The van der Waals surface area contributed by atoms with E-state index in [1.807, 2.05) is 11.0 Å². The number of piperidine rings is 1. The van der Waals surface area contributed by atoms with Gasteiger partial charge in [0, 0.05) is 64.1 Å². The molecule has 2 aromatic rings. The van der Waals surface area contributed by atoms with Crippen molar-refractivity contribution in [2.24, 2.45) is 5.92 Å². The van der Waals surface area contributed by atoms with E-state index in [2.05, 4.69) is 34.1 Å². The summed E-state index contributed by atoms with van der Waals surface area (Å²) in [4.78, 5) is 21.4. The summed E-state index contributed by atoms with van der Waals surface area (Å²) in [5.41, 5.74) is 1.29. The van der Waals surface area contributed by atoms with Crippen molar-refractivity contribution in [3.8, 4) is 0 Å². The van der Waals surface area contributed by atoms with Crippen LogP contribution in [0.2, 0.25) is 0 Å². The van der Waals surface area contributed by atoms with E-state index < -0.39 is 10.0 Å². The Labute approximate surface area is 178 Å². The summed E-state index contributed by atoms with van der Waals surface area (Å²) in [5.74, 6) is 0.0822. The topological polar surface area (TPSA) is 73.8 Å². The third-order valence-electron chi connectivity index (χ3n) is 6.01. The maximum Gasteiger partial charge on any atom is 0.244 e. The van der Waals surface area contributed by atoms with E-state index in [0.29, 0.717) is 25.9 Å². The van der Waals surface area contributed by atoms with E-state index in [1.165, 1.54) is 16.1 Å². The number of carbonyl (C=O) groups is 1. The van der Waals surface area contributed by atoms with Crippen molar-refractivity contribution >= 4 is 15.9 Å². The van der Waals surface area contributed by atoms with Gasteiger partial charge in [0.2, 0.25) is 15.9 Å². The molecule has 30 heavy (non-hydrogen) atoms. The van der Waals surface area contributed by atoms with Crippen molar-refractivity contribution in [3.05, 3.63) is 60.4 Å². The molecule has 0 aliphatic carbocycles. The molecule has 0 unspecified atom stereocenters. The maximum atomic E-state index is 13.0. The van der Waals surface area contributed by atoms with Crippen LogP contribution in [0.3, 0.4) is 0 Å². The van der Waals surface area contributed by atoms with Crippen molar-refractivity contribution in [1.29, 1.82) is 0 Å². The third-order valence-corrected chi connectivity index (χ3v) is 7.89. The lowest BCUT2D eigenvalue weighted by Gasteiger charge is -2.38. The van der Waals surface area contributed by atoms with Gasteiger partial charge in [0.05, 0.1) is 0 Å². The average molecular weight is 429 g/mol. The smallest absolute Gasteiger partial charge is 0.244 e. The number of hydrogen-bond donors (Lipinski definition) is 0. The molecule has 2 saturated heterocycles. The van der Waals surface area contributed by atoms with Crippen LogP contribution in [-0.2, 0) is 21.4 Å². The molecular formula is C22H28N4O3S. The Morgan fingerprint density at radius 1 is 0.933 bits per heavy atom. The van der Waals surface area contributed by atoms with Gasteiger partial charge in [-0.05, 0) is 30.5 Å². The molecule has 0 bridgehead atoms.